The zero-order chi connectivity index (χ0) is 20.0. The van der Waals surface area contributed by atoms with Crippen LogP contribution in [-0.2, 0) is 16.6 Å². The Labute approximate surface area is 169 Å². The summed E-state index contributed by atoms with van der Waals surface area (Å²) in [5.41, 5.74) is 3.51. The SMILES string of the molecule is O=C(NCc1ccn2ccnc2c1)c1ccc(C2CN(S(=O)(=O)C3CC3)C2)cc1. The van der Waals surface area contributed by atoms with Crippen molar-refractivity contribution in [1.82, 2.24) is 19.0 Å². The molecular weight excluding hydrogens is 388 g/mol. The highest BCUT2D eigenvalue weighted by atomic mass is 32.2. The minimum Gasteiger partial charge on any atom is -0.348 e. The molecule has 0 spiro atoms. The van der Waals surface area contributed by atoms with Crippen LogP contribution < -0.4 is 5.32 Å². The molecule has 1 saturated heterocycles. The van der Waals surface area contributed by atoms with Crippen LogP contribution in [0.2, 0.25) is 0 Å². The van der Waals surface area contributed by atoms with E-state index in [2.05, 4.69) is 10.3 Å². The fourth-order valence-corrected chi connectivity index (χ4v) is 5.62. The molecule has 1 aromatic carbocycles. The molecule has 1 aliphatic carbocycles. The molecule has 29 heavy (non-hydrogen) atoms. The van der Waals surface area contributed by atoms with Crippen molar-refractivity contribution in [2.24, 2.45) is 0 Å². The normalized spacial score (nSPS) is 17.9. The number of carbonyl (C=O) groups excluding carboxylic acids is 1. The number of nitrogens with one attached hydrogen (secondary N) is 1. The van der Waals surface area contributed by atoms with Gasteiger partial charge in [-0.3, -0.25) is 4.79 Å². The second kappa shape index (κ2) is 6.96. The standard InChI is InChI=1S/C21H22N4O3S/c26-21(23-12-15-7-9-24-10-8-22-20(24)11-15)17-3-1-16(2-4-17)18-13-25(14-18)29(27,28)19-5-6-19/h1-4,7-11,18-19H,5-6,12-14H2,(H,23,26). The van der Waals surface area contributed by atoms with E-state index in [0.29, 0.717) is 25.2 Å². The van der Waals surface area contributed by atoms with Crippen molar-refractivity contribution in [2.75, 3.05) is 13.1 Å². The summed E-state index contributed by atoms with van der Waals surface area (Å²) in [6, 6.07) is 11.4. The number of hydrogen-bond donors (Lipinski definition) is 1. The second-order valence-electron chi connectivity index (χ2n) is 7.79. The monoisotopic (exact) mass is 410 g/mol. The molecule has 8 heteroatoms. The Morgan fingerprint density at radius 2 is 1.86 bits per heavy atom. The van der Waals surface area contributed by atoms with Crippen LogP contribution in [0.3, 0.4) is 0 Å². The van der Waals surface area contributed by atoms with Gasteiger partial charge in [0.2, 0.25) is 10.0 Å². The molecule has 150 valence electrons. The van der Waals surface area contributed by atoms with Gasteiger partial charge in [-0.2, -0.15) is 0 Å². The maximum absolute atomic E-state index is 12.4. The summed E-state index contributed by atoms with van der Waals surface area (Å²) in [5, 5.41) is 2.78. The lowest BCUT2D eigenvalue weighted by Gasteiger charge is -2.38. The minimum absolute atomic E-state index is 0.133. The van der Waals surface area contributed by atoms with E-state index in [4.69, 9.17) is 0 Å². The van der Waals surface area contributed by atoms with E-state index >= 15 is 0 Å². The number of fused-ring (bicyclic) bond motifs is 1. The highest BCUT2D eigenvalue weighted by Crippen LogP contribution is 2.37. The van der Waals surface area contributed by atoms with Crippen LogP contribution in [0.5, 0.6) is 0 Å². The van der Waals surface area contributed by atoms with E-state index in [-0.39, 0.29) is 17.1 Å². The molecule has 1 amide bonds. The van der Waals surface area contributed by atoms with Crippen LogP contribution in [0.1, 0.15) is 40.2 Å². The number of imidazole rings is 1. The predicted molar refractivity (Wildman–Crippen MR) is 109 cm³/mol. The van der Waals surface area contributed by atoms with E-state index in [0.717, 1.165) is 29.6 Å². The van der Waals surface area contributed by atoms with Gasteiger partial charge in [0, 0.05) is 49.7 Å². The van der Waals surface area contributed by atoms with E-state index in [9.17, 15) is 13.2 Å². The number of hydrogen-bond acceptors (Lipinski definition) is 4. The first-order valence-corrected chi connectivity index (χ1v) is 11.3. The van der Waals surface area contributed by atoms with Crippen molar-refractivity contribution in [3.63, 3.8) is 0 Å². The largest absolute Gasteiger partial charge is 0.348 e. The van der Waals surface area contributed by atoms with Crippen molar-refractivity contribution in [3.8, 4) is 0 Å². The third-order valence-corrected chi connectivity index (χ3v) is 8.05. The Kier molecular flexibility index (Phi) is 4.40. The van der Waals surface area contributed by atoms with E-state index in [1.165, 1.54) is 0 Å². The maximum Gasteiger partial charge on any atom is 0.251 e. The van der Waals surface area contributed by atoms with Gasteiger partial charge in [0.05, 0.1) is 5.25 Å². The van der Waals surface area contributed by atoms with Gasteiger partial charge in [-0.15, -0.1) is 0 Å². The smallest absolute Gasteiger partial charge is 0.251 e. The zero-order valence-corrected chi connectivity index (χ0v) is 16.7. The molecule has 3 heterocycles. The summed E-state index contributed by atoms with van der Waals surface area (Å²) in [6.07, 6.45) is 7.13. The van der Waals surface area contributed by atoms with E-state index < -0.39 is 10.0 Å². The zero-order valence-electron chi connectivity index (χ0n) is 15.9. The van der Waals surface area contributed by atoms with Crippen molar-refractivity contribution in [3.05, 3.63) is 71.7 Å². The first kappa shape index (κ1) is 18.3. The molecule has 2 fully saturated rings. The molecule has 2 aromatic heterocycles. The third-order valence-electron chi connectivity index (χ3n) is 5.71. The fraction of sp³-hybridized carbons (Fsp3) is 0.333. The van der Waals surface area contributed by atoms with Gasteiger partial charge in [-0.05, 0) is 48.2 Å². The molecule has 1 saturated carbocycles. The Morgan fingerprint density at radius 1 is 1.10 bits per heavy atom. The highest BCUT2D eigenvalue weighted by Gasteiger charge is 2.45. The summed E-state index contributed by atoms with van der Waals surface area (Å²) >= 11 is 0. The summed E-state index contributed by atoms with van der Waals surface area (Å²) < 4.78 is 27.9. The molecule has 2 aliphatic rings. The van der Waals surface area contributed by atoms with Gasteiger partial charge in [0.25, 0.3) is 5.91 Å². The van der Waals surface area contributed by atoms with Crippen molar-refractivity contribution < 1.29 is 13.2 Å². The molecule has 7 nitrogen and oxygen atoms in total. The van der Waals surface area contributed by atoms with Gasteiger partial charge in [-0.1, -0.05) is 12.1 Å². The summed E-state index contributed by atoms with van der Waals surface area (Å²) in [7, 11) is -3.07. The highest BCUT2D eigenvalue weighted by molar-refractivity contribution is 7.90. The predicted octanol–water partition coefficient (Wildman–Crippen LogP) is 2.16. The summed E-state index contributed by atoms with van der Waals surface area (Å²) in [5.74, 6) is 0.0771. The maximum atomic E-state index is 12.4. The minimum atomic E-state index is -3.07. The lowest BCUT2D eigenvalue weighted by Crippen LogP contribution is -2.49. The molecule has 5 rings (SSSR count). The average molecular weight is 410 g/mol. The van der Waals surface area contributed by atoms with Gasteiger partial charge in [0.1, 0.15) is 5.65 Å². The Morgan fingerprint density at radius 3 is 2.59 bits per heavy atom. The third kappa shape index (κ3) is 3.54. The molecular formula is C21H22N4O3S. The quantitative estimate of drug-likeness (QED) is 0.675. The first-order valence-electron chi connectivity index (χ1n) is 9.79. The van der Waals surface area contributed by atoms with Gasteiger partial charge in [-0.25, -0.2) is 17.7 Å². The number of pyridine rings is 1. The number of benzene rings is 1. The fourth-order valence-electron chi connectivity index (χ4n) is 3.69. The van der Waals surface area contributed by atoms with Gasteiger partial charge >= 0.3 is 0 Å². The van der Waals surface area contributed by atoms with Crippen LogP contribution in [0.15, 0.2) is 55.0 Å². The number of sulfonamides is 1. The van der Waals surface area contributed by atoms with Crippen molar-refractivity contribution in [2.45, 2.75) is 30.6 Å². The second-order valence-corrected chi connectivity index (χ2v) is 10.0. The Balaban J connectivity index is 1.17. The Hall–Kier alpha value is -2.71. The van der Waals surface area contributed by atoms with E-state index in [1.54, 1.807) is 22.6 Å². The van der Waals surface area contributed by atoms with Crippen LogP contribution >= 0.6 is 0 Å². The number of rotatable bonds is 6. The molecule has 1 aliphatic heterocycles. The number of nitrogens with zero attached hydrogens (tertiary/aromatic N) is 3. The molecule has 0 atom stereocenters. The van der Waals surface area contributed by atoms with Gasteiger partial charge < -0.3 is 9.72 Å². The van der Waals surface area contributed by atoms with Crippen LogP contribution in [0, 0.1) is 0 Å². The van der Waals surface area contributed by atoms with Crippen molar-refractivity contribution >= 4 is 21.6 Å². The summed E-state index contributed by atoms with van der Waals surface area (Å²) in [6.45, 7) is 1.52. The van der Waals surface area contributed by atoms with Crippen LogP contribution in [0.4, 0.5) is 0 Å². The Bertz CT molecular complexity index is 1160. The molecule has 0 radical (unpaired) electrons. The molecule has 3 aromatic rings. The summed E-state index contributed by atoms with van der Waals surface area (Å²) in [4.78, 5) is 16.7. The topological polar surface area (TPSA) is 83.8 Å². The van der Waals surface area contributed by atoms with Gasteiger partial charge in [0.15, 0.2) is 0 Å². The lowest BCUT2D eigenvalue weighted by molar-refractivity contribution is 0.0951. The molecule has 0 bridgehead atoms. The van der Waals surface area contributed by atoms with Crippen molar-refractivity contribution in [1.29, 1.82) is 0 Å². The molecule has 0 unspecified atom stereocenters. The van der Waals surface area contributed by atoms with Crippen LogP contribution in [-0.4, -0.2) is 46.4 Å². The average Bonchev–Trinajstić information content (AvgIpc) is 3.44. The number of carbonyl (C=O) groups is 1. The lowest BCUT2D eigenvalue weighted by atomic mass is 9.93. The first-order chi connectivity index (χ1) is 14.0. The molecule has 1 N–H and O–H groups in total. The number of amides is 1. The van der Waals surface area contributed by atoms with E-state index in [1.807, 2.05) is 41.1 Å². The van der Waals surface area contributed by atoms with Crippen LogP contribution in [0.25, 0.3) is 5.65 Å². The number of aromatic nitrogens is 2.